The zero-order valence-electron chi connectivity index (χ0n) is 31.5. The number of nitrogens with zero attached hydrogens (tertiary/aromatic N) is 3. The van der Waals surface area contributed by atoms with E-state index in [1.165, 1.54) is 4.90 Å². The molecule has 2 saturated carbocycles. The van der Waals surface area contributed by atoms with Gasteiger partial charge in [-0.2, -0.15) is 0 Å². The molecule has 14 nitrogen and oxygen atoms in total. The van der Waals surface area contributed by atoms with Crippen LogP contribution in [0.5, 0.6) is 0 Å². The highest BCUT2D eigenvalue weighted by Crippen LogP contribution is 2.47. The number of pyridine rings is 1. The molecule has 5 amide bonds. The second kappa shape index (κ2) is 15.0. The average molecular weight is 775 g/mol. The lowest BCUT2D eigenvalue weighted by Gasteiger charge is -2.33. The van der Waals surface area contributed by atoms with Gasteiger partial charge in [0.2, 0.25) is 21.8 Å². The number of carbonyl (C=O) groups is 5. The number of ether oxygens (including phenoxy) is 1. The van der Waals surface area contributed by atoms with Gasteiger partial charge in [-0.1, -0.05) is 55.3 Å². The summed E-state index contributed by atoms with van der Waals surface area (Å²) in [4.78, 5) is 77.5. The van der Waals surface area contributed by atoms with E-state index in [1.807, 2.05) is 48.6 Å². The van der Waals surface area contributed by atoms with E-state index in [0.29, 0.717) is 32.1 Å². The lowest BCUT2D eigenvalue weighted by atomic mass is 9.93. The Hall–Kier alpha value is -4.79. The number of alkyl carbamates (subject to hydrolysis) is 1. The molecule has 4 heterocycles. The van der Waals surface area contributed by atoms with Crippen LogP contribution in [-0.2, 0) is 29.1 Å². The van der Waals surface area contributed by atoms with Gasteiger partial charge in [-0.05, 0) is 82.6 Å². The Labute approximate surface area is 321 Å². The van der Waals surface area contributed by atoms with Gasteiger partial charge in [0, 0.05) is 43.6 Å². The molecule has 0 radical (unpaired) electrons. The molecular formula is C40H50N6O8S. The van der Waals surface area contributed by atoms with E-state index in [9.17, 15) is 32.4 Å². The van der Waals surface area contributed by atoms with Crippen LogP contribution in [0.1, 0.15) is 82.6 Å². The Morgan fingerprint density at radius 3 is 2.45 bits per heavy atom. The Bertz CT molecular complexity index is 1980. The number of amides is 5. The molecule has 1 aromatic heterocycles. The summed E-state index contributed by atoms with van der Waals surface area (Å²) in [5.41, 5.74) is -0.306. The van der Waals surface area contributed by atoms with Crippen molar-refractivity contribution in [2.45, 2.75) is 101 Å². The molecule has 7 rings (SSSR count). The number of rotatable bonds is 6. The van der Waals surface area contributed by atoms with Crippen molar-refractivity contribution in [3.05, 3.63) is 66.5 Å². The quantitative estimate of drug-likeness (QED) is 0.370. The number of hydrogen-bond donors (Lipinski definition) is 3. The zero-order valence-corrected chi connectivity index (χ0v) is 32.3. The molecule has 2 aliphatic carbocycles. The van der Waals surface area contributed by atoms with Crippen LogP contribution in [0, 0.1) is 17.8 Å². The highest BCUT2D eigenvalue weighted by atomic mass is 32.2. The summed E-state index contributed by atoms with van der Waals surface area (Å²) in [6.45, 7) is 5.73. The van der Waals surface area contributed by atoms with Crippen LogP contribution < -0.4 is 15.4 Å². The fraction of sp³-hybridized carbons (Fsp3) is 0.550. The molecule has 0 spiro atoms. The van der Waals surface area contributed by atoms with Gasteiger partial charge >= 0.3 is 6.09 Å². The summed E-state index contributed by atoms with van der Waals surface area (Å²) in [6.07, 6.45) is 8.98. The summed E-state index contributed by atoms with van der Waals surface area (Å²) in [5, 5.41) is 5.05. The predicted molar refractivity (Wildman–Crippen MR) is 203 cm³/mol. The molecule has 3 N–H and O–H groups in total. The zero-order chi connectivity index (χ0) is 39.1. The van der Waals surface area contributed by atoms with E-state index in [2.05, 4.69) is 20.3 Å². The molecule has 3 aliphatic heterocycles. The standard InChI is InChI=1S/C40H50N6O8S/c1-39(2,3)54-38(51)42-31-15-11-6-4-5-10-14-28-21-40(28,37(50)44-55(52,53)29-16-17-29)43-34(47)33-30-24-45(22-27(30)23-46(33)36(31)49)35(48)32-20-26(18-19-41-32)25-12-8-7-9-13-25/h7-10,12-14,18-20,27-31,33H,4-6,11,15-17,21-24H2,1-3H3,(H,42,51)(H,43,47)(H,44,50)/b14-10-/t27-,28-,30-,31+,33-,40+/m0/s1. The second-order valence-corrected chi connectivity index (χ2v) is 18.5. The van der Waals surface area contributed by atoms with Crippen LogP contribution in [0.2, 0.25) is 0 Å². The highest BCUT2D eigenvalue weighted by molar-refractivity contribution is 7.91. The third kappa shape index (κ3) is 8.41. The largest absolute Gasteiger partial charge is 0.444 e. The Morgan fingerprint density at radius 1 is 0.964 bits per heavy atom. The molecule has 5 aliphatic rings. The number of allylic oxidation sites excluding steroid dienone is 1. The fourth-order valence-corrected chi connectivity index (χ4v) is 9.57. The van der Waals surface area contributed by atoms with Gasteiger partial charge in [0.15, 0.2) is 0 Å². The van der Waals surface area contributed by atoms with Gasteiger partial charge in [0.05, 0.1) is 5.25 Å². The number of sulfonamides is 1. The van der Waals surface area contributed by atoms with Crippen molar-refractivity contribution >= 4 is 39.7 Å². The molecule has 6 atom stereocenters. The maximum absolute atomic E-state index is 14.7. The Morgan fingerprint density at radius 2 is 1.73 bits per heavy atom. The molecular weight excluding hydrogens is 725 g/mol. The molecule has 0 unspecified atom stereocenters. The fourth-order valence-electron chi connectivity index (χ4n) is 8.21. The van der Waals surface area contributed by atoms with Crippen molar-refractivity contribution in [3.8, 4) is 11.1 Å². The maximum atomic E-state index is 14.7. The first kappa shape index (κ1) is 38.5. The minimum absolute atomic E-state index is 0.133. The third-order valence-electron chi connectivity index (χ3n) is 11.3. The van der Waals surface area contributed by atoms with Crippen molar-refractivity contribution in [1.82, 2.24) is 30.1 Å². The van der Waals surface area contributed by atoms with Gasteiger partial charge in [0.1, 0.15) is 28.9 Å². The molecule has 294 valence electrons. The lowest BCUT2D eigenvalue weighted by Crippen LogP contribution is -2.60. The number of fused-ring (bicyclic) bond motifs is 4. The van der Waals surface area contributed by atoms with E-state index in [0.717, 1.165) is 24.0 Å². The van der Waals surface area contributed by atoms with Gasteiger partial charge < -0.3 is 25.2 Å². The van der Waals surface area contributed by atoms with Crippen molar-refractivity contribution in [2.24, 2.45) is 17.8 Å². The van der Waals surface area contributed by atoms with Gasteiger partial charge in [0.25, 0.3) is 11.8 Å². The monoisotopic (exact) mass is 774 g/mol. The van der Waals surface area contributed by atoms with E-state index in [4.69, 9.17) is 4.74 Å². The minimum atomic E-state index is -3.91. The van der Waals surface area contributed by atoms with Crippen LogP contribution in [0.4, 0.5) is 4.79 Å². The Kier molecular flexibility index (Phi) is 10.5. The first-order valence-electron chi connectivity index (χ1n) is 19.3. The SMILES string of the molecule is CC(C)(C)OC(=O)N[C@@H]1CCCCC/C=C\[C@H]2C[C@@]2(C(=O)NS(=O)(=O)C2CC2)NC(=O)[C@@H]2[C@H]3CN(C(=O)c4cc(-c5ccccc5)ccn4)C[C@H]3CN2C1=O. The molecule has 4 fully saturated rings. The van der Waals surface area contributed by atoms with Crippen LogP contribution >= 0.6 is 0 Å². The van der Waals surface area contributed by atoms with Gasteiger partial charge in [-0.15, -0.1) is 0 Å². The summed E-state index contributed by atoms with van der Waals surface area (Å²) < 4.78 is 33.5. The molecule has 2 aromatic rings. The van der Waals surface area contributed by atoms with Crippen LogP contribution in [0.3, 0.4) is 0 Å². The number of aromatic nitrogens is 1. The predicted octanol–water partition coefficient (Wildman–Crippen LogP) is 3.54. The van der Waals surface area contributed by atoms with E-state index in [1.54, 1.807) is 37.9 Å². The van der Waals surface area contributed by atoms with Crippen molar-refractivity contribution in [2.75, 3.05) is 19.6 Å². The number of likely N-dealkylation sites (tertiary alicyclic amines) is 1. The molecule has 1 aromatic carbocycles. The van der Waals surface area contributed by atoms with E-state index >= 15 is 0 Å². The topological polar surface area (TPSA) is 184 Å². The van der Waals surface area contributed by atoms with Gasteiger partial charge in [-0.3, -0.25) is 28.9 Å². The smallest absolute Gasteiger partial charge is 0.408 e. The number of hydrogen-bond acceptors (Lipinski definition) is 9. The Balaban J connectivity index is 1.18. The number of carbonyl (C=O) groups excluding carboxylic acids is 5. The van der Waals surface area contributed by atoms with Crippen LogP contribution in [0.25, 0.3) is 11.1 Å². The first-order valence-corrected chi connectivity index (χ1v) is 20.9. The lowest BCUT2D eigenvalue weighted by molar-refractivity contribution is -0.142. The van der Waals surface area contributed by atoms with Gasteiger partial charge in [-0.25, -0.2) is 13.2 Å². The molecule has 55 heavy (non-hydrogen) atoms. The maximum Gasteiger partial charge on any atom is 0.408 e. The van der Waals surface area contributed by atoms with Crippen LogP contribution in [0.15, 0.2) is 60.8 Å². The summed E-state index contributed by atoms with van der Waals surface area (Å²) in [6, 6.07) is 11.1. The van der Waals surface area contributed by atoms with Crippen molar-refractivity contribution in [1.29, 1.82) is 0 Å². The second-order valence-electron chi connectivity index (χ2n) is 16.6. The summed E-state index contributed by atoms with van der Waals surface area (Å²) in [7, 11) is -3.91. The summed E-state index contributed by atoms with van der Waals surface area (Å²) in [5.74, 6) is -3.41. The van der Waals surface area contributed by atoms with E-state index < -0.39 is 74.1 Å². The minimum Gasteiger partial charge on any atom is -0.444 e. The molecule has 0 bridgehead atoms. The first-order chi connectivity index (χ1) is 26.1. The normalized spacial score (nSPS) is 29.0. The number of nitrogens with one attached hydrogen (secondary N) is 3. The molecule has 2 saturated heterocycles. The van der Waals surface area contributed by atoms with Crippen molar-refractivity contribution in [3.63, 3.8) is 0 Å². The average Bonchev–Trinajstić information content (AvgIpc) is 4.04. The van der Waals surface area contributed by atoms with E-state index in [-0.39, 0.29) is 43.6 Å². The van der Waals surface area contributed by atoms with Crippen molar-refractivity contribution < 1.29 is 37.1 Å². The number of benzene rings is 1. The summed E-state index contributed by atoms with van der Waals surface area (Å²) >= 11 is 0. The third-order valence-corrected chi connectivity index (χ3v) is 13.1. The van der Waals surface area contributed by atoms with Crippen LogP contribution in [-0.4, -0.2) is 101 Å². The highest BCUT2D eigenvalue weighted by Gasteiger charge is 2.63. The molecule has 15 heteroatoms.